The molecular formula is C20H23N5O2. The molecule has 4 rings (SSSR count). The zero-order valence-corrected chi connectivity index (χ0v) is 15.8. The first-order valence-corrected chi connectivity index (χ1v) is 9.17. The molecular weight excluding hydrogens is 342 g/mol. The second-order valence-electron chi connectivity index (χ2n) is 7.35. The molecule has 27 heavy (non-hydrogen) atoms. The number of nitrogens with zero attached hydrogens (tertiary/aromatic N) is 5. The van der Waals surface area contributed by atoms with Crippen LogP contribution < -0.4 is 5.56 Å². The molecule has 7 heteroatoms. The molecule has 1 aliphatic heterocycles. The Balaban J connectivity index is 1.54. The Morgan fingerprint density at radius 3 is 3.00 bits per heavy atom. The van der Waals surface area contributed by atoms with Crippen molar-refractivity contribution in [3.63, 3.8) is 0 Å². The molecule has 0 saturated carbocycles. The maximum atomic E-state index is 12.9. The summed E-state index contributed by atoms with van der Waals surface area (Å²) in [6.07, 6.45) is 5.82. The highest BCUT2D eigenvalue weighted by Gasteiger charge is 2.22. The summed E-state index contributed by atoms with van der Waals surface area (Å²) in [6, 6.07) is 5.35. The second kappa shape index (κ2) is 6.64. The summed E-state index contributed by atoms with van der Waals surface area (Å²) < 4.78 is 3.72. The number of amides is 1. The first-order chi connectivity index (χ1) is 12.9. The van der Waals surface area contributed by atoms with Crippen LogP contribution in [0.2, 0.25) is 0 Å². The van der Waals surface area contributed by atoms with Crippen molar-refractivity contribution in [3.05, 3.63) is 58.0 Å². The summed E-state index contributed by atoms with van der Waals surface area (Å²) in [4.78, 5) is 35.5. The highest BCUT2D eigenvalue weighted by Crippen LogP contribution is 2.21. The quantitative estimate of drug-likeness (QED) is 0.709. The molecule has 3 heterocycles. The van der Waals surface area contributed by atoms with Crippen LogP contribution in [-0.4, -0.2) is 43.5 Å². The fourth-order valence-corrected chi connectivity index (χ4v) is 3.88. The molecule has 140 valence electrons. The van der Waals surface area contributed by atoms with Crippen molar-refractivity contribution in [1.29, 1.82) is 0 Å². The first kappa shape index (κ1) is 17.5. The van der Waals surface area contributed by atoms with E-state index in [4.69, 9.17) is 0 Å². The Kier molecular flexibility index (Phi) is 4.30. The Labute approximate surface area is 157 Å². The smallest absolute Gasteiger partial charge is 0.272 e. The van der Waals surface area contributed by atoms with Crippen molar-refractivity contribution in [2.24, 2.45) is 13.0 Å². The Bertz CT molecular complexity index is 1080. The van der Waals surface area contributed by atoms with Crippen LogP contribution in [0.25, 0.3) is 11.0 Å². The molecule has 1 unspecified atom stereocenters. The van der Waals surface area contributed by atoms with E-state index in [9.17, 15) is 9.59 Å². The van der Waals surface area contributed by atoms with E-state index in [1.807, 2.05) is 19.4 Å². The number of benzene rings is 1. The predicted molar refractivity (Wildman–Crippen MR) is 103 cm³/mol. The van der Waals surface area contributed by atoms with Gasteiger partial charge in [0.25, 0.3) is 11.5 Å². The third-order valence-corrected chi connectivity index (χ3v) is 5.40. The zero-order chi connectivity index (χ0) is 19.1. The molecule has 7 nitrogen and oxygen atoms in total. The SMILES string of the molecule is Cc1nc2ccc(C(=O)N(C)CC3CCc4nccn4C3)cc2n(C)c1=O. The van der Waals surface area contributed by atoms with Crippen molar-refractivity contribution in [2.45, 2.75) is 26.3 Å². The van der Waals surface area contributed by atoms with Gasteiger partial charge in [-0.15, -0.1) is 0 Å². The molecule has 0 spiro atoms. The van der Waals surface area contributed by atoms with Crippen LogP contribution in [0.4, 0.5) is 0 Å². The third kappa shape index (κ3) is 3.13. The number of hydrogen-bond acceptors (Lipinski definition) is 4. The Morgan fingerprint density at radius 1 is 1.37 bits per heavy atom. The summed E-state index contributed by atoms with van der Waals surface area (Å²) in [7, 11) is 3.55. The molecule has 0 N–H and O–H groups in total. The number of rotatable bonds is 3. The van der Waals surface area contributed by atoms with Crippen LogP contribution in [0.3, 0.4) is 0 Å². The van der Waals surface area contributed by atoms with E-state index in [2.05, 4.69) is 14.5 Å². The van der Waals surface area contributed by atoms with Gasteiger partial charge in [-0.2, -0.15) is 0 Å². The molecule has 2 aromatic heterocycles. The predicted octanol–water partition coefficient (Wildman–Crippen LogP) is 1.77. The molecule has 3 aromatic rings. The van der Waals surface area contributed by atoms with Crippen molar-refractivity contribution in [3.8, 4) is 0 Å². The van der Waals surface area contributed by atoms with Crippen LogP contribution >= 0.6 is 0 Å². The Hall–Kier alpha value is -2.96. The van der Waals surface area contributed by atoms with Gasteiger partial charge in [0.2, 0.25) is 0 Å². The first-order valence-electron chi connectivity index (χ1n) is 9.17. The Morgan fingerprint density at radius 2 is 2.19 bits per heavy atom. The lowest BCUT2D eigenvalue weighted by Gasteiger charge is -2.28. The van der Waals surface area contributed by atoms with Gasteiger partial charge >= 0.3 is 0 Å². The molecule has 1 aliphatic rings. The van der Waals surface area contributed by atoms with Gasteiger partial charge in [-0.25, -0.2) is 9.97 Å². The van der Waals surface area contributed by atoms with E-state index in [1.165, 1.54) is 0 Å². The number of imidazole rings is 1. The lowest BCUT2D eigenvalue weighted by molar-refractivity contribution is 0.0760. The lowest BCUT2D eigenvalue weighted by Crippen LogP contribution is -2.35. The number of hydrogen-bond donors (Lipinski definition) is 0. The molecule has 0 radical (unpaired) electrons. The highest BCUT2D eigenvalue weighted by atomic mass is 16.2. The molecule has 0 aliphatic carbocycles. The van der Waals surface area contributed by atoms with E-state index in [0.29, 0.717) is 34.8 Å². The summed E-state index contributed by atoms with van der Waals surface area (Å²) in [5.74, 6) is 1.49. The minimum atomic E-state index is -0.140. The number of fused-ring (bicyclic) bond motifs is 2. The van der Waals surface area contributed by atoms with Gasteiger partial charge in [-0.1, -0.05) is 0 Å². The standard InChI is InChI=1S/C20H23N5O2/c1-13-19(26)24(3)17-10-15(5-6-16(17)22-13)20(27)23(2)11-14-4-7-18-21-8-9-25(18)12-14/h5-6,8-10,14H,4,7,11-12H2,1-3H3. The van der Waals surface area contributed by atoms with Crippen molar-refractivity contribution >= 4 is 16.9 Å². The number of aryl methyl sites for hydroxylation is 3. The number of aromatic nitrogens is 4. The second-order valence-corrected chi connectivity index (χ2v) is 7.35. The maximum Gasteiger partial charge on any atom is 0.272 e. The van der Waals surface area contributed by atoms with E-state index in [0.717, 1.165) is 25.2 Å². The highest BCUT2D eigenvalue weighted by molar-refractivity contribution is 5.97. The molecule has 1 aromatic carbocycles. The average Bonchev–Trinajstić information content (AvgIpc) is 3.13. The van der Waals surface area contributed by atoms with Gasteiger partial charge < -0.3 is 14.0 Å². The van der Waals surface area contributed by atoms with E-state index in [1.54, 1.807) is 41.6 Å². The number of carbonyl (C=O) groups is 1. The minimum absolute atomic E-state index is 0.0404. The molecule has 1 amide bonds. The van der Waals surface area contributed by atoms with Gasteiger partial charge in [-0.05, 0) is 37.5 Å². The maximum absolute atomic E-state index is 12.9. The van der Waals surface area contributed by atoms with Crippen LogP contribution in [0.15, 0.2) is 35.4 Å². The van der Waals surface area contributed by atoms with Crippen LogP contribution in [0.1, 0.15) is 28.3 Å². The van der Waals surface area contributed by atoms with Crippen LogP contribution in [0.5, 0.6) is 0 Å². The lowest BCUT2D eigenvalue weighted by atomic mass is 9.98. The summed E-state index contributed by atoms with van der Waals surface area (Å²) in [5.41, 5.74) is 2.28. The van der Waals surface area contributed by atoms with Gasteiger partial charge in [0.05, 0.1) is 11.0 Å². The summed E-state index contributed by atoms with van der Waals surface area (Å²) in [5, 5.41) is 0. The zero-order valence-electron chi connectivity index (χ0n) is 15.8. The molecule has 0 fully saturated rings. The monoisotopic (exact) mass is 365 g/mol. The van der Waals surface area contributed by atoms with Gasteiger partial charge in [0, 0.05) is 51.6 Å². The van der Waals surface area contributed by atoms with E-state index < -0.39 is 0 Å². The van der Waals surface area contributed by atoms with Gasteiger partial charge in [0.1, 0.15) is 11.5 Å². The average molecular weight is 365 g/mol. The van der Waals surface area contributed by atoms with Gasteiger partial charge in [-0.3, -0.25) is 9.59 Å². The molecule has 0 bridgehead atoms. The van der Waals surface area contributed by atoms with Crippen LogP contribution in [-0.2, 0) is 20.0 Å². The number of carbonyl (C=O) groups excluding carboxylic acids is 1. The normalized spacial score (nSPS) is 16.3. The van der Waals surface area contributed by atoms with Gasteiger partial charge in [0.15, 0.2) is 0 Å². The molecule has 0 saturated heterocycles. The topological polar surface area (TPSA) is 73.0 Å². The summed E-state index contributed by atoms with van der Waals surface area (Å²) in [6.45, 7) is 3.28. The van der Waals surface area contributed by atoms with Crippen molar-refractivity contribution in [1.82, 2.24) is 24.0 Å². The minimum Gasteiger partial charge on any atom is -0.341 e. The molecule has 1 atom stereocenters. The summed E-state index contributed by atoms with van der Waals surface area (Å²) >= 11 is 0. The van der Waals surface area contributed by atoms with Crippen molar-refractivity contribution in [2.75, 3.05) is 13.6 Å². The van der Waals surface area contributed by atoms with Crippen LogP contribution in [0, 0.1) is 12.8 Å². The van der Waals surface area contributed by atoms with E-state index >= 15 is 0 Å². The fraction of sp³-hybridized carbons (Fsp3) is 0.400. The van der Waals surface area contributed by atoms with Crippen molar-refractivity contribution < 1.29 is 4.79 Å². The van der Waals surface area contributed by atoms with E-state index in [-0.39, 0.29) is 11.5 Å². The third-order valence-electron chi connectivity index (χ3n) is 5.40. The fourth-order valence-electron chi connectivity index (χ4n) is 3.88. The largest absolute Gasteiger partial charge is 0.341 e.